The van der Waals surface area contributed by atoms with Gasteiger partial charge in [0.05, 0.1) is 12.9 Å². The van der Waals surface area contributed by atoms with Gasteiger partial charge in [-0.25, -0.2) is 9.97 Å². The minimum absolute atomic E-state index is 0.190. The van der Waals surface area contributed by atoms with Crippen LogP contribution in [0, 0.1) is 3.83 Å². The predicted molar refractivity (Wildman–Crippen MR) is 116 cm³/mol. The van der Waals surface area contributed by atoms with Gasteiger partial charge in [0.2, 0.25) is 0 Å². The van der Waals surface area contributed by atoms with Crippen molar-refractivity contribution < 1.29 is 24.2 Å². The maximum absolute atomic E-state index is 9.78. The van der Waals surface area contributed by atoms with Gasteiger partial charge in [-0.2, -0.15) is 4.98 Å². The molecule has 0 aliphatic carbocycles. The summed E-state index contributed by atoms with van der Waals surface area (Å²) in [6.07, 6.45) is -0.360. The van der Waals surface area contributed by atoms with Crippen LogP contribution in [0.15, 0.2) is 30.6 Å². The molecule has 2 aliphatic heterocycles. The molecular formula is C19H18IN7O5. The zero-order valence-electron chi connectivity index (χ0n) is 17.0. The zero-order valence-corrected chi connectivity index (χ0v) is 19.1. The second kappa shape index (κ2) is 7.28. The van der Waals surface area contributed by atoms with Crippen molar-refractivity contribution in [3.63, 3.8) is 0 Å². The van der Waals surface area contributed by atoms with E-state index < -0.39 is 30.3 Å². The third kappa shape index (κ3) is 3.14. The molecule has 2 saturated heterocycles. The van der Waals surface area contributed by atoms with E-state index in [0.717, 1.165) is 0 Å². The molecule has 32 heavy (non-hydrogen) atoms. The largest absolute Gasteiger partial charge is 0.394 e. The van der Waals surface area contributed by atoms with Gasteiger partial charge in [0.25, 0.3) is 5.88 Å². The quantitative estimate of drug-likeness (QED) is 0.294. The molecule has 0 spiro atoms. The summed E-state index contributed by atoms with van der Waals surface area (Å²) in [6.45, 7) is 3.48. The molecule has 0 bridgehead atoms. The first-order chi connectivity index (χ1) is 15.4. The van der Waals surface area contributed by atoms with Crippen LogP contribution in [-0.2, 0) is 14.2 Å². The number of fused-ring (bicyclic) bond motifs is 3. The number of rotatable bonds is 4. The first kappa shape index (κ1) is 20.2. The Labute approximate surface area is 194 Å². The fourth-order valence-electron chi connectivity index (χ4n) is 4.14. The number of aliphatic hydroxyl groups is 1. The normalized spacial score (nSPS) is 26.8. The lowest BCUT2D eigenvalue weighted by Gasteiger charge is -2.24. The summed E-state index contributed by atoms with van der Waals surface area (Å²) < 4.78 is 20.3. The number of aliphatic hydroxyl groups excluding tert-OH is 1. The Kier molecular flexibility index (Phi) is 4.59. The van der Waals surface area contributed by atoms with E-state index in [-0.39, 0.29) is 12.5 Å². The van der Waals surface area contributed by atoms with Gasteiger partial charge in [0, 0.05) is 22.6 Å². The summed E-state index contributed by atoms with van der Waals surface area (Å²) in [5.74, 6) is -0.557. The maximum Gasteiger partial charge on any atom is 0.280 e. The van der Waals surface area contributed by atoms with Crippen molar-refractivity contribution in [1.29, 1.82) is 0 Å². The highest BCUT2D eigenvalue weighted by Crippen LogP contribution is 2.43. The first-order valence-corrected chi connectivity index (χ1v) is 11.0. The lowest BCUT2D eigenvalue weighted by Crippen LogP contribution is -2.31. The summed E-state index contributed by atoms with van der Waals surface area (Å²) >= 11 is 2.01. The van der Waals surface area contributed by atoms with E-state index in [9.17, 15) is 5.11 Å². The van der Waals surface area contributed by atoms with Crippen molar-refractivity contribution in [2.45, 2.75) is 44.2 Å². The zero-order chi connectivity index (χ0) is 22.0. The molecule has 3 aromatic heterocycles. The monoisotopic (exact) mass is 551 g/mol. The van der Waals surface area contributed by atoms with Crippen LogP contribution in [0.4, 0.5) is 0 Å². The third-order valence-electron chi connectivity index (χ3n) is 5.44. The lowest BCUT2D eigenvalue weighted by molar-refractivity contribution is -0.199. The molecule has 5 heterocycles. The summed E-state index contributed by atoms with van der Waals surface area (Å²) in [6, 6.07) is 7.43. The van der Waals surface area contributed by atoms with E-state index in [0.29, 0.717) is 26.0 Å². The molecular weight excluding hydrogens is 533 g/mol. The Morgan fingerprint density at radius 2 is 2.00 bits per heavy atom. The molecule has 4 atom stereocenters. The third-order valence-corrected chi connectivity index (χ3v) is 5.92. The second-order valence-corrected chi connectivity index (χ2v) is 8.94. The molecule has 13 heteroatoms. The van der Waals surface area contributed by atoms with Gasteiger partial charge in [0.1, 0.15) is 29.3 Å². The molecule has 166 valence electrons. The fourth-order valence-corrected chi connectivity index (χ4v) is 4.59. The number of ether oxygens (including phenoxy) is 3. The van der Waals surface area contributed by atoms with Crippen LogP contribution in [-0.4, -0.2) is 70.5 Å². The Bertz CT molecular complexity index is 1320. The Hall–Kier alpha value is -2.46. The van der Waals surface area contributed by atoms with Gasteiger partial charge >= 0.3 is 0 Å². The molecule has 0 radical (unpaired) electrons. The lowest BCUT2D eigenvalue weighted by atomic mass is 10.1. The van der Waals surface area contributed by atoms with E-state index >= 15 is 0 Å². The molecule has 1 aromatic carbocycles. The van der Waals surface area contributed by atoms with E-state index in [1.165, 1.54) is 4.85 Å². The average molecular weight is 551 g/mol. The highest BCUT2D eigenvalue weighted by molar-refractivity contribution is 14.1. The van der Waals surface area contributed by atoms with Gasteiger partial charge in [0.15, 0.2) is 27.0 Å². The minimum atomic E-state index is -0.785. The van der Waals surface area contributed by atoms with Crippen molar-refractivity contribution >= 4 is 44.8 Å². The van der Waals surface area contributed by atoms with Crippen molar-refractivity contribution in [3.05, 3.63) is 34.4 Å². The topological polar surface area (TPSA) is 131 Å². The molecule has 2 aliphatic rings. The van der Waals surface area contributed by atoms with Crippen LogP contribution in [0.25, 0.3) is 22.2 Å². The molecule has 12 nitrogen and oxygen atoms in total. The van der Waals surface area contributed by atoms with Gasteiger partial charge < -0.3 is 24.2 Å². The summed E-state index contributed by atoms with van der Waals surface area (Å²) in [5.41, 5.74) is 2.31. The van der Waals surface area contributed by atoms with Gasteiger partial charge in [-0.3, -0.25) is 4.57 Å². The number of halogens is 1. The van der Waals surface area contributed by atoms with E-state index in [2.05, 4.69) is 25.3 Å². The van der Waals surface area contributed by atoms with Crippen molar-refractivity contribution in [1.82, 2.24) is 34.7 Å². The average Bonchev–Trinajstić information content (AvgIpc) is 3.50. The summed E-state index contributed by atoms with van der Waals surface area (Å²) in [5, 5.41) is 17.9. The minimum Gasteiger partial charge on any atom is -0.394 e. The summed E-state index contributed by atoms with van der Waals surface area (Å²) in [7, 11) is 0. The van der Waals surface area contributed by atoms with Crippen molar-refractivity contribution in [2.24, 2.45) is 0 Å². The van der Waals surface area contributed by atoms with Crippen LogP contribution in [0.3, 0.4) is 0 Å². The van der Waals surface area contributed by atoms with Crippen LogP contribution in [0.1, 0.15) is 20.1 Å². The molecule has 6 rings (SSSR count). The van der Waals surface area contributed by atoms with Gasteiger partial charge in [-0.1, -0.05) is 17.0 Å². The molecule has 0 unspecified atom stereocenters. The molecule has 0 amide bonds. The summed E-state index contributed by atoms with van der Waals surface area (Å²) in [4.78, 5) is 20.7. The number of nitrogens with zero attached hydrogens (tertiary/aromatic N) is 7. The number of para-hydroxylation sites is 1. The highest BCUT2D eigenvalue weighted by atomic mass is 127. The number of hydrogen-bond acceptors (Lipinski definition) is 10. The molecule has 1 N–H and O–H groups in total. The molecule has 0 saturated carbocycles. The van der Waals surface area contributed by atoms with Crippen molar-refractivity contribution in [3.8, 4) is 5.88 Å². The highest BCUT2D eigenvalue weighted by Gasteiger charge is 2.56. The van der Waals surface area contributed by atoms with Crippen molar-refractivity contribution in [2.75, 3.05) is 6.61 Å². The number of benzene rings is 1. The van der Waals surface area contributed by atoms with E-state index in [1.807, 2.05) is 60.7 Å². The number of imidazole rings is 1. The van der Waals surface area contributed by atoms with E-state index in [4.69, 9.17) is 19.0 Å². The Balaban J connectivity index is 1.41. The molecule has 4 aromatic rings. The number of hydrogen-bond donors (Lipinski definition) is 1. The molecule has 2 fully saturated rings. The van der Waals surface area contributed by atoms with Crippen LogP contribution >= 0.6 is 22.6 Å². The smallest absolute Gasteiger partial charge is 0.280 e. The van der Waals surface area contributed by atoms with Crippen LogP contribution in [0.2, 0.25) is 0 Å². The second-order valence-electron chi connectivity index (χ2n) is 7.98. The SMILES string of the molecule is CC1(C)O[C@@H]2[C@H](O1)[C@@H](CO)O[C@H]2n1cnc2c(On3nnc4ccccc43)nc(I)nc21. The standard InChI is InChI=1S/C19H18IN7O5/c1-19(2)30-13-11(7-28)29-17(14(13)31-19)26-8-21-12-15(26)22-18(20)23-16(12)32-27-10-6-4-3-5-9(10)24-25-27/h3-6,8,11,13-14,17,28H,7H2,1-2H3/t11-,13-,14-,17-/m1/s1. The predicted octanol–water partition coefficient (Wildman–Crippen LogP) is 1.43. The van der Waals surface area contributed by atoms with Gasteiger partial charge in [-0.05, 0) is 31.2 Å². The van der Waals surface area contributed by atoms with Crippen LogP contribution in [0.5, 0.6) is 5.88 Å². The maximum atomic E-state index is 9.78. The first-order valence-electron chi connectivity index (χ1n) is 9.94. The Morgan fingerprint density at radius 3 is 2.84 bits per heavy atom. The van der Waals surface area contributed by atoms with Crippen LogP contribution < -0.4 is 4.84 Å². The Morgan fingerprint density at radius 1 is 1.19 bits per heavy atom. The fraction of sp³-hybridized carbons (Fsp3) is 0.421. The van der Waals surface area contributed by atoms with Gasteiger partial charge in [-0.15, -0.1) is 5.10 Å². The van der Waals surface area contributed by atoms with E-state index in [1.54, 1.807) is 10.9 Å². The number of aromatic nitrogens is 7.